The van der Waals surface area contributed by atoms with Crippen LogP contribution in [0.15, 0.2) is 97.2 Å². The van der Waals surface area contributed by atoms with E-state index in [4.69, 9.17) is 14.2 Å². The molecule has 0 spiro atoms. The zero-order valence-corrected chi connectivity index (χ0v) is 43.6. The summed E-state index contributed by atoms with van der Waals surface area (Å²) in [4.78, 5) is 38.1. The summed E-state index contributed by atoms with van der Waals surface area (Å²) in [5, 5.41) is 0. The Morgan fingerprint density at radius 2 is 0.582 bits per heavy atom. The largest absolute Gasteiger partial charge is 0.462 e. The zero-order valence-electron chi connectivity index (χ0n) is 43.6. The maximum Gasteiger partial charge on any atom is 0.306 e. The van der Waals surface area contributed by atoms with Gasteiger partial charge in [0.2, 0.25) is 0 Å². The predicted molar refractivity (Wildman–Crippen MR) is 288 cm³/mol. The first-order valence-corrected chi connectivity index (χ1v) is 27.7. The van der Waals surface area contributed by atoms with Crippen LogP contribution in [0.4, 0.5) is 0 Å². The molecule has 0 N–H and O–H groups in total. The molecular formula is C61H102O6. The number of rotatable bonds is 49. The van der Waals surface area contributed by atoms with Crippen LogP contribution in [0.1, 0.15) is 252 Å². The zero-order chi connectivity index (χ0) is 48.6. The first-order valence-electron chi connectivity index (χ1n) is 27.7. The lowest BCUT2D eigenvalue weighted by molar-refractivity contribution is -0.167. The summed E-state index contributed by atoms with van der Waals surface area (Å²) in [7, 11) is 0. The highest BCUT2D eigenvalue weighted by Gasteiger charge is 2.19. The van der Waals surface area contributed by atoms with Crippen LogP contribution in [0, 0.1) is 0 Å². The van der Waals surface area contributed by atoms with Crippen LogP contribution >= 0.6 is 0 Å². The molecule has 0 aliphatic rings. The monoisotopic (exact) mass is 931 g/mol. The van der Waals surface area contributed by atoms with E-state index >= 15 is 0 Å². The highest BCUT2D eigenvalue weighted by molar-refractivity contribution is 5.71. The first-order chi connectivity index (χ1) is 33.0. The summed E-state index contributed by atoms with van der Waals surface area (Å²) in [6, 6.07) is 0. The van der Waals surface area contributed by atoms with Gasteiger partial charge in [0.1, 0.15) is 13.2 Å². The van der Waals surface area contributed by atoms with E-state index in [0.29, 0.717) is 25.7 Å². The van der Waals surface area contributed by atoms with Crippen molar-refractivity contribution in [2.24, 2.45) is 0 Å². The third-order valence-electron chi connectivity index (χ3n) is 11.5. The van der Waals surface area contributed by atoms with E-state index in [2.05, 4.69) is 118 Å². The molecule has 0 radical (unpaired) electrons. The third kappa shape index (κ3) is 53.2. The van der Waals surface area contributed by atoms with Crippen molar-refractivity contribution in [3.8, 4) is 0 Å². The second kappa shape index (κ2) is 54.9. The summed E-state index contributed by atoms with van der Waals surface area (Å²) in [5.41, 5.74) is 0. The van der Waals surface area contributed by atoms with E-state index in [-0.39, 0.29) is 37.5 Å². The Bertz CT molecular complexity index is 1350. The average Bonchev–Trinajstić information content (AvgIpc) is 3.33. The minimum absolute atomic E-state index is 0.108. The van der Waals surface area contributed by atoms with E-state index in [0.717, 1.165) is 83.5 Å². The highest BCUT2D eigenvalue weighted by atomic mass is 16.6. The van der Waals surface area contributed by atoms with Crippen LogP contribution in [0.2, 0.25) is 0 Å². The van der Waals surface area contributed by atoms with E-state index < -0.39 is 6.10 Å². The van der Waals surface area contributed by atoms with Crippen molar-refractivity contribution < 1.29 is 28.6 Å². The highest BCUT2D eigenvalue weighted by Crippen LogP contribution is 2.14. The molecule has 0 unspecified atom stereocenters. The second-order valence-electron chi connectivity index (χ2n) is 18.1. The van der Waals surface area contributed by atoms with Crippen molar-refractivity contribution in [1.82, 2.24) is 0 Å². The predicted octanol–water partition coefficient (Wildman–Crippen LogP) is 18.5. The molecular weight excluding hydrogens is 829 g/mol. The molecule has 0 heterocycles. The molecule has 0 fully saturated rings. The van der Waals surface area contributed by atoms with Gasteiger partial charge in [0, 0.05) is 19.3 Å². The Balaban J connectivity index is 4.48. The number of unbranched alkanes of at least 4 members (excludes halogenated alkanes) is 22. The fourth-order valence-electron chi connectivity index (χ4n) is 7.37. The Hall–Kier alpha value is -3.67. The quantitative estimate of drug-likeness (QED) is 0.0262. The topological polar surface area (TPSA) is 78.9 Å². The summed E-state index contributed by atoms with van der Waals surface area (Å²) >= 11 is 0. The Morgan fingerprint density at radius 1 is 0.313 bits per heavy atom. The summed E-state index contributed by atoms with van der Waals surface area (Å²) < 4.78 is 16.8. The number of hydrogen-bond donors (Lipinski definition) is 0. The molecule has 0 aromatic carbocycles. The normalized spacial score (nSPS) is 12.8. The van der Waals surface area contributed by atoms with Crippen LogP contribution in [0.3, 0.4) is 0 Å². The summed E-state index contributed by atoms with van der Waals surface area (Å²) in [6.45, 7) is 6.42. The van der Waals surface area contributed by atoms with E-state index in [1.807, 2.05) is 0 Å². The lowest BCUT2D eigenvalue weighted by Gasteiger charge is -2.18. The second-order valence-corrected chi connectivity index (χ2v) is 18.1. The number of ether oxygens (including phenoxy) is 3. The molecule has 1 atom stereocenters. The molecule has 0 bridgehead atoms. The fourth-order valence-corrected chi connectivity index (χ4v) is 7.37. The van der Waals surface area contributed by atoms with Crippen LogP contribution in [-0.2, 0) is 28.6 Å². The van der Waals surface area contributed by atoms with E-state index in [9.17, 15) is 14.4 Å². The molecule has 0 rings (SSSR count). The van der Waals surface area contributed by atoms with Gasteiger partial charge in [-0.25, -0.2) is 0 Å². The summed E-state index contributed by atoms with van der Waals surface area (Å²) in [5.74, 6) is -0.991. The molecule has 0 aliphatic carbocycles. The van der Waals surface area contributed by atoms with Gasteiger partial charge in [-0.3, -0.25) is 14.4 Å². The van der Waals surface area contributed by atoms with Gasteiger partial charge in [0.15, 0.2) is 6.10 Å². The fraction of sp³-hybridized carbons (Fsp3) is 0.689. The first kappa shape index (κ1) is 63.3. The Kier molecular flexibility index (Phi) is 51.9. The smallest absolute Gasteiger partial charge is 0.306 e. The lowest BCUT2D eigenvalue weighted by Crippen LogP contribution is -2.30. The van der Waals surface area contributed by atoms with Crippen LogP contribution < -0.4 is 0 Å². The number of carbonyl (C=O) groups excluding carboxylic acids is 3. The minimum Gasteiger partial charge on any atom is -0.462 e. The Morgan fingerprint density at radius 3 is 0.985 bits per heavy atom. The lowest BCUT2D eigenvalue weighted by atomic mass is 10.1. The van der Waals surface area contributed by atoms with Crippen molar-refractivity contribution in [3.05, 3.63) is 97.2 Å². The minimum atomic E-state index is -0.816. The average molecular weight is 931 g/mol. The number of allylic oxidation sites excluding steroid dienone is 16. The van der Waals surface area contributed by atoms with Gasteiger partial charge >= 0.3 is 17.9 Å². The molecule has 0 aliphatic heterocycles. The molecule has 0 aromatic rings. The van der Waals surface area contributed by atoms with Gasteiger partial charge in [0.25, 0.3) is 0 Å². The van der Waals surface area contributed by atoms with Gasteiger partial charge in [-0.05, 0) is 122 Å². The number of esters is 3. The van der Waals surface area contributed by atoms with Crippen LogP contribution in [0.5, 0.6) is 0 Å². The van der Waals surface area contributed by atoms with Crippen molar-refractivity contribution in [1.29, 1.82) is 0 Å². The molecule has 6 heteroatoms. The molecule has 67 heavy (non-hydrogen) atoms. The van der Waals surface area contributed by atoms with Crippen molar-refractivity contribution in [2.75, 3.05) is 13.2 Å². The van der Waals surface area contributed by atoms with Crippen LogP contribution in [-0.4, -0.2) is 37.2 Å². The maximum atomic E-state index is 12.8. The van der Waals surface area contributed by atoms with Gasteiger partial charge in [-0.1, -0.05) is 208 Å². The standard InChI is InChI=1S/C61H102O6/c1-4-7-10-13-16-19-22-25-28-29-30-31-34-36-39-42-45-48-51-54-60(63)66-57-58(67-61(64)55-52-49-46-43-40-37-33-27-24-21-18-15-12-9-6-3)56-65-59(62)53-50-47-44-41-38-35-32-26-23-20-17-14-11-8-5-2/h8,11,17-18,20-21,25-28,32-33,38,40-41,43,58H,4-7,9-10,12-16,19,22-24,29-31,34-37,39,42,44-57H2,1-3H3/b11-8-,20-17-,21-18-,28-25-,32-26-,33-27-,41-38-,43-40-/t58-/m1/s1. The summed E-state index contributed by atoms with van der Waals surface area (Å²) in [6.07, 6.45) is 72.6. The van der Waals surface area contributed by atoms with Crippen LogP contribution in [0.25, 0.3) is 0 Å². The van der Waals surface area contributed by atoms with E-state index in [1.165, 1.54) is 116 Å². The van der Waals surface area contributed by atoms with Gasteiger partial charge in [-0.2, -0.15) is 0 Å². The van der Waals surface area contributed by atoms with Crippen molar-refractivity contribution in [3.63, 3.8) is 0 Å². The van der Waals surface area contributed by atoms with Gasteiger partial charge in [-0.15, -0.1) is 0 Å². The molecule has 0 saturated carbocycles. The molecule has 6 nitrogen and oxygen atoms in total. The SMILES string of the molecule is CC/C=C\C/C=C\C/C=C\C/C=C\CCCCC(=O)OC[C@H](COC(=O)CCCCCCCCCCC/C=C\CCCCCCCC)OC(=O)CCCC/C=C\C/C=C\C/C=C\CCCCC. The molecule has 0 aromatic heterocycles. The molecule has 0 amide bonds. The number of hydrogen-bond acceptors (Lipinski definition) is 6. The molecule has 0 saturated heterocycles. The van der Waals surface area contributed by atoms with Crippen molar-refractivity contribution in [2.45, 2.75) is 258 Å². The Labute approximate surface area is 413 Å². The van der Waals surface area contributed by atoms with Gasteiger partial charge in [0.05, 0.1) is 0 Å². The van der Waals surface area contributed by atoms with Gasteiger partial charge < -0.3 is 14.2 Å². The van der Waals surface area contributed by atoms with Crippen molar-refractivity contribution >= 4 is 17.9 Å². The molecule has 382 valence electrons. The third-order valence-corrected chi connectivity index (χ3v) is 11.5. The van der Waals surface area contributed by atoms with E-state index in [1.54, 1.807) is 0 Å². The maximum absolute atomic E-state index is 12.8. The number of carbonyl (C=O) groups is 3.